The van der Waals surface area contributed by atoms with Crippen LogP contribution in [-0.4, -0.2) is 43.8 Å². The average molecular weight is 238 g/mol. The van der Waals surface area contributed by atoms with E-state index in [-0.39, 0.29) is 0 Å². The zero-order valence-electron chi connectivity index (χ0n) is 11.1. The fourth-order valence-corrected chi connectivity index (χ4v) is 1.23. The van der Waals surface area contributed by atoms with Crippen molar-refractivity contribution in [3.63, 3.8) is 0 Å². The second-order valence-electron chi connectivity index (χ2n) is 4.53. The van der Waals surface area contributed by atoms with Gasteiger partial charge in [-0.05, 0) is 12.0 Å². The highest BCUT2D eigenvalue weighted by Crippen LogP contribution is 2.07. The molecular weight excluding hydrogens is 216 g/mol. The number of rotatable bonds is 7. The Bertz CT molecular complexity index is 328. The lowest BCUT2D eigenvalue weighted by molar-refractivity contribution is 0.118. The lowest BCUT2D eigenvalue weighted by atomic mass is 10.2. The van der Waals surface area contributed by atoms with Gasteiger partial charge in [0.2, 0.25) is 5.95 Å². The molecule has 0 spiro atoms. The Morgan fingerprint density at radius 3 is 2.82 bits per heavy atom. The molecule has 1 heterocycles. The molecular formula is C12H22N4O. The molecule has 0 radical (unpaired) electrons. The van der Waals surface area contributed by atoms with Crippen molar-refractivity contribution in [3.8, 4) is 0 Å². The summed E-state index contributed by atoms with van der Waals surface area (Å²) in [5.74, 6) is 2.12. The second-order valence-corrected chi connectivity index (χ2v) is 4.53. The Labute approximate surface area is 103 Å². The third kappa shape index (κ3) is 5.49. The minimum Gasteiger partial charge on any atom is -0.379 e. The van der Waals surface area contributed by atoms with Gasteiger partial charge in [0, 0.05) is 33.4 Å². The highest BCUT2D eigenvalue weighted by molar-refractivity contribution is 5.40. The third-order valence-corrected chi connectivity index (χ3v) is 2.05. The number of hydrogen-bond donors (Lipinski definition) is 1. The smallest absolute Gasteiger partial charge is 0.226 e. The van der Waals surface area contributed by atoms with Gasteiger partial charge < -0.3 is 15.0 Å². The largest absolute Gasteiger partial charge is 0.379 e. The molecule has 0 saturated carbocycles. The monoisotopic (exact) mass is 238 g/mol. The molecule has 0 atom stereocenters. The number of hydrogen-bond acceptors (Lipinski definition) is 5. The van der Waals surface area contributed by atoms with Gasteiger partial charge >= 0.3 is 0 Å². The summed E-state index contributed by atoms with van der Waals surface area (Å²) in [7, 11) is 3.84. The van der Waals surface area contributed by atoms with E-state index < -0.39 is 0 Å². The topological polar surface area (TPSA) is 50.3 Å². The fourth-order valence-electron chi connectivity index (χ4n) is 1.23. The summed E-state index contributed by atoms with van der Waals surface area (Å²) in [6.45, 7) is 6.53. The molecule has 5 nitrogen and oxygen atoms in total. The number of anilines is 2. The Balaban J connectivity index is 2.29. The second kappa shape index (κ2) is 7.06. The van der Waals surface area contributed by atoms with Crippen LogP contribution >= 0.6 is 0 Å². The molecule has 0 aliphatic rings. The Morgan fingerprint density at radius 1 is 1.41 bits per heavy atom. The van der Waals surface area contributed by atoms with Gasteiger partial charge in [-0.2, -0.15) is 4.98 Å². The summed E-state index contributed by atoms with van der Waals surface area (Å²) in [6.07, 6.45) is 1.75. The van der Waals surface area contributed by atoms with Gasteiger partial charge in [0.15, 0.2) is 0 Å². The maximum absolute atomic E-state index is 5.48. The first-order valence-electron chi connectivity index (χ1n) is 5.91. The molecule has 1 aromatic heterocycles. The first-order valence-corrected chi connectivity index (χ1v) is 5.91. The molecule has 0 fully saturated rings. The number of aromatic nitrogens is 2. The standard InChI is InChI=1S/C12H22N4O/c1-10(2)9-17-8-7-13-11-5-6-14-12(15-11)16(3)4/h5-6,10H,7-9H2,1-4H3,(H,13,14,15). The van der Waals surface area contributed by atoms with Crippen molar-refractivity contribution in [1.29, 1.82) is 0 Å². The van der Waals surface area contributed by atoms with E-state index in [1.807, 2.05) is 25.1 Å². The van der Waals surface area contributed by atoms with Crippen LogP contribution in [0.15, 0.2) is 12.3 Å². The van der Waals surface area contributed by atoms with E-state index in [9.17, 15) is 0 Å². The quantitative estimate of drug-likeness (QED) is 0.732. The maximum Gasteiger partial charge on any atom is 0.226 e. The molecule has 17 heavy (non-hydrogen) atoms. The Hall–Kier alpha value is -1.36. The molecule has 1 aromatic rings. The molecule has 1 rings (SSSR count). The summed E-state index contributed by atoms with van der Waals surface area (Å²) >= 11 is 0. The first kappa shape index (κ1) is 13.7. The van der Waals surface area contributed by atoms with Gasteiger partial charge in [0.05, 0.1) is 6.61 Å². The van der Waals surface area contributed by atoms with E-state index in [2.05, 4.69) is 29.1 Å². The van der Waals surface area contributed by atoms with Crippen molar-refractivity contribution in [2.75, 3.05) is 44.1 Å². The SMILES string of the molecule is CC(C)COCCNc1ccnc(N(C)C)n1. The normalized spacial score (nSPS) is 10.6. The van der Waals surface area contributed by atoms with Crippen LogP contribution in [-0.2, 0) is 4.74 Å². The molecule has 5 heteroatoms. The number of nitrogens with zero attached hydrogens (tertiary/aromatic N) is 3. The summed E-state index contributed by atoms with van der Waals surface area (Å²) in [4.78, 5) is 10.4. The molecule has 0 aliphatic carbocycles. The van der Waals surface area contributed by atoms with E-state index >= 15 is 0 Å². The zero-order chi connectivity index (χ0) is 12.7. The van der Waals surface area contributed by atoms with Gasteiger partial charge in [-0.15, -0.1) is 0 Å². The molecule has 96 valence electrons. The molecule has 0 aliphatic heterocycles. The van der Waals surface area contributed by atoms with Crippen LogP contribution in [0.5, 0.6) is 0 Å². The fraction of sp³-hybridized carbons (Fsp3) is 0.667. The van der Waals surface area contributed by atoms with E-state index in [0.717, 1.165) is 19.0 Å². The van der Waals surface area contributed by atoms with Crippen molar-refractivity contribution in [2.45, 2.75) is 13.8 Å². The average Bonchev–Trinajstić information content (AvgIpc) is 2.28. The van der Waals surface area contributed by atoms with E-state index in [1.54, 1.807) is 6.20 Å². The summed E-state index contributed by atoms with van der Waals surface area (Å²) in [6, 6.07) is 1.86. The predicted molar refractivity (Wildman–Crippen MR) is 70.5 cm³/mol. The molecule has 0 amide bonds. The Kier molecular flexibility index (Phi) is 5.69. The van der Waals surface area contributed by atoms with Crippen LogP contribution in [0.25, 0.3) is 0 Å². The summed E-state index contributed by atoms with van der Waals surface area (Å²) < 4.78 is 5.48. The first-order chi connectivity index (χ1) is 8.09. The summed E-state index contributed by atoms with van der Waals surface area (Å²) in [5, 5.41) is 3.21. The number of ether oxygens (including phenoxy) is 1. The van der Waals surface area contributed by atoms with Crippen molar-refractivity contribution in [3.05, 3.63) is 12.3 Å². The van der Waals surface area contributed by atoms with E-state index in [1.165, 1.54) is 0 Å². The van der Waals surface area contributed by atoms with Crippen LogP contribution in [0.1, 0.15) is 13.8 Å². The highest BCUT2D eigenvalue weighted by Gasteiger charge is 2.00. The van der Waals surface area contributed by atoms with Gasteiger partial charge in [-0.25, -0.2) is 4.98 Å². The van der Waals surface area contributed by atoms with Crippen molar-refractivity contribution >= 4 is 11.8 Å². The third-order valence-electron chi connectivity index (χ3n) is 2.05. The van der Waals surface area contributed by atoms with Crippen molar-refractivity contribution in [1.82, 2.24) is 9.97 Å². The molecule has 1 N–H and O–H groups in total. The van der Waals surface area contributed by atoms with Gasteiger partial charge in [-0.1, -0.05) is 13.8 Å². The molecule has 0 aromatic carbocycles. The lowest BCUT2D eigenvalue weighted by Gasteiger charge is -2.12. The Morgan fingerprint density at radius 2 is 2.18 bits per heavy atom. The van der Waals surface area contributed by atoms with E-state index in [4.69, 9.17) is 4.74 Å². The maximum atomic E-state index is 5.48. The van der Waals surface area contributed by atoms with Crippen LogP contribution in [0.4, 0.5) is 11.8 Å². The van der Waals surface area contributed by atoms with Crippen molar-refractivity contribution < 1.29 is 4.74 Å². The minimum absolute atomic E-state index is 0.578. The molecule has 0 bridgehead atoms. The molecule has 0 saturated heterocycles. The minimum atomic E-state index is 0.578. The molecule has 0 unspecified atom stereocenters. The predicted octanol–water partition coefficient (Wildman–Crippen LogP) is 1.63. The van der Waals surface area contributed by atoms with Gasteiger partial charge in [0.1, 0.15) is 5.82 Å². The van der Waals surface area contributed by atoms with Crippen LogP contribution in [0.2, 0.25) is 0 Å². The van der Waals surface area contributed by atoms with Crippen LogP contribution < -0.4 is 10.2 Å². The van der Waals surface area contributed by atoms with E-state index in [0.29, 0.717) is 18.5 Å². The lowest BCUT2D eigenvalue weighted by Crippen LogP contribution is -2.16. The van der Waals surface area contributed by atoms with Gasteiger partial charge in [0.25, 0.3) is 0 Å². The zero-order valence-corrected chi connectivity index (χ0v) is 11.1. The number of nitrogens with one attached hydrogen (secondary N) is 1. The van der Waals surface area contributed by atoms with Crippen molar-refractivity contribution in [2.24, 2.45) is 5.92 Å². The highest BCUT2D eigenvalue weighted by atomic mass is 16.5. The van der Waals surface area contributed by atoms with Crippen LogP contribution in [0.3, 0.4) is 0 Å². The van der Waals surface area contributed by atoms with Gasteiger partial charge in [-0.3, -0.25) is 0 Å². The summed E-state index contributed by atoms with van der Waals surface area (Å²) in [5.41, 5.74) is 0. The van der Waals surface area contributed by atoms with Crippen LogP contribution in [0, 0.1) is 5.92 Å².